The maximum atomic E-state index is 13.6. The smallest absolute Gasteiger partial charge is 0.163 e. The first kappa shape index (κ1) is 15.4. The van der Waals surface area contributed by atoms with Gasteiger partial charge in [0, 0.05) is 24.7 Å². The van der Waals surface area contributed by atoms with Gasteiger partial charge < -0.3 is 15.7 Å². The molecule has 0 aliphatic carbocycles. The normalized spacial score (nSPS) is 25.6. The molecule has 20 heavy (non-hydrogen) atoms. The number of halogens is 2. The number of β-amino-alcohol motifs (C(OH)–C–C–N with tert-alkyl or cyclic N) is 1. The van der Waals surface area contributed by atoms with Crippen LogP contribution >= 0.6 is 0 Å². The number of hydrogen-bond donors (Lipinski definition) is 2. The molecule has 0 bridgehead atoms. The van der Waals surface area contributed by atoms with E-state index in [0.717, 1.165) is 25.5 Å². The van der Waals surface area contributed by atoms with Crippen molar-refractivity contribution in [1.29, 1.82) is 0 Å². The first-order chi connectivity index (χ1) is 9.39. The van der Waals surface area contributed by atoms with Crippen LogP contribution in [0.2, 0.25) is 0 Å². The number of benzene rings is 1. The fourth-order valence-corrected chi connectivity index (χ4v) is 2.80. The fraction of sp³-hybridized carbons (Fsp3) is 0.600. The van der Waals surface area contributed by atoms with Crippen molar-refractivity contribution < 1.29 is 13.9 Å². The van der Waals surface area contributed by atoms with Crippen molar-refractivity contribution in [1.82, 2.24) is 4.90 Å². The van der Waals surface area contributed by atoms with Crippen LogP contribution in [-0.4, -0.2) is 35.2 Å². The van der Waals surface area contributed by atoms with E-state index in [0.29, 0.717) is 19.5 Å². The van der Waals surface area contributed by atoms with Gasteiger partial charge >= 0.3 is 0 Å². The summed E-state index contributed by atoms with van der Waals surface area (Å²) < 4.78 is 26.8. The van der Waals surface area contributed by atoms with Crippen molar-refractivity contribution in [3.8, 4) is 0 Å². The highest BCUT2D eigenvalue weighted by Crippen LogP contribution is 2.23. The van der Waals surface area contributed by atoms with E-state index in [1.165, 1.54) is 12.1 Å². The van der Waals surface area contributed by atoms with Crippen LogP contribution < -0.4 is 5.73 Å². The van der Waals surface area contributed by atoms with Gasteiger partial charge in [-0.25, -0.2) is 8.78 Å². The molecule has 3 nitrogen and oxygen atoms in total. The quantitative estimate of drug-likeness (QED) is 0.891. The molecule has 1 fully saturated rings. The Balaban J connectivity index is 1.92. The van der Waals surface area contributed by atoms with E-state index in [-0.39, 0.29) is 5.56 Å². The van der Waals surface area contributed by atoms with E-state index < -0.39 is 23.3 Å². The first-order valence-electron chi connectivity index (χ1n) is 7.03. The lowest BCUT2D eigenvalue weighted by Gasteiger charge is -2.37. The summed E-state index contributed by atoms with van der Waals surface area (Å²) in [6.45, 7) is 4.01. The summed E-state index contributed by atoms with van der Waals surface area (Å²) in [5.41, 5.74) is 5.51. The van der Waals surface area contributed by atoms with Gasteiger partial charge in [-0.1, -0.05) is 12.1 Å². The largest absolute Gasteiger partial charge is 0.389 e. The third-order valence-electron chi connectivity index (χ3n) is 3.89. The zero-order valence-corrected chi connectivity index (χ0v) is 11.8. The Morgan fingerprint density at radius 1 is 1.45 bits per heavy atom. The minimum atomic E-state index is -0.862. The molecule has 0 radical (unpaired) electrons. The lowest BCUT2D eigenvalue weighted by atomic mass is 9.94. The van der Waals surface area contributed by atoms with Crippen LogP contribution in [0.5, 0.6) is 0 Å². The van der Waals surface area contributed by atoms with E-state index in [9.17, 15) is 13.9 Å². The van der Waals surface area contributed by atoms with E-state index in [1.54, 1.807) is 0 Å². The molecule has 1 saturated heterocycles. The summed E-state index contributed by atoms with van der Waals surface area (Å²) in [7, 11) is 0. The minimum Gasteiger partial charge on any atom is -0.389 e. The van der Waals surface area contributed by atoms with Gasteiger partial charge in [-0.3, -0.25) is 0 Å². The molecule has 1 aromatic rings. The maximum Gasteiger partial charge on any atom is 0.163 e. The molecule has 0 aromatic heterocycles. The topological polar surface area (TPSA) is 49.5 Å². The molecule has 1 heterocycles. The van der Waals surface area contributed by atoms with Crippen LogP contribution in [0.15, 0.2) is 18.2 Å². The Hall–Kier alpha value is -1.04. The molecule has 3 N–H and O–H groups in total. The predicted octanol–water partition coefficient (Wildman–Crippen LogP) is 2.20. The molecule has 1 aromatic carbocycles. The predicted molar refractivity (Wildman–Crippen MR) is 74.2 cm³/mol. The monoisotopic (exact) mass is 284 g/mol. The van der Waals surface area contributed by atoms with Crippen molar-refractivity contribution in [2.75, 3.05) is 19.6 Å². The van der Waals surface area contributed by atoms with Crippen LogP contribution in [0.1, 0.15) is 37.8 Å². The second-order valence-electron chi connectivity index (χ2n) is 5.91. The summed E-state index contributed by atoms with van der Waals surface area (Å²) in [6, 6.07) is 3.56. The van der Waals surface area contributed by atoms with Crippen LogP contribution in [0.4, 0.5) is 8.78 Å². The van der Waals surface area contributed by atoms with Gasteiger partial charge in [0.2, 0.25) is 0 Å². The third kappa shape index (κ3) is 3.75. The number of nitrogens with two attached hydrogens (primary N) is 1. The highest BCUT2D eigenvalue weighted by atomic mass is 19.2. The molecule has 112 valence electrons. The third-order valence-corrected chi connectivity index (χ3v) is 3.89. The van der Waals surface area contributed by atoms with Gasteiger partial charge in [0.15, 0.2) is 11.6 Å². The highest BCUT2D eigenvalue weighted by Gasteiger charge is 2.28. The summed E-state index contributed by atoms with van der Waals surface area (Å²) in [4.78, 5) is 2.13. The Morgan fingerprint density at radius 3 is 2.90 bits per heavy atom. The van der Waals surface area contributed by atoms with Gasteiger partial charge in [-0.05, 0) is 38.8 Å². The molecule has 0 amide bonds. The molecule has 1 aliphatic heterocycles. The maximum absolute atomic E-state index is 13.6. The zero-order chi connectivity index (χ0) is 14.8. The number of likely N-dealkylation sites (tertiary alicyclic amines) is 1. The van der Waals surface area contributed by atoms with Crippen LogP contribution in [-0.2, 0) is 0 Å². The molecule has 2 unspecified atom stereocenters. The van der Waals surface area contributed by atoms with Gasteiger partial charge in [0.1, 0.15) is 0 Å². The average Bonchev–Trinajstić information content (AvgIpc) is 2.38. The lowest BCUT2D eigenvalue weighted by molar-refractivity contribution is -0.0161. The number of piperidine rings is 1. The fourth-order valence-electron chi connectivity index (χ4n) is 2.80. The molecular weight excluding hydrogens is 262 g/mol. The Bertz CT molecular complexity index is 465. The van der Waals surface area contributed by atoms with E-state index in [4.69, 9.17) is 5.73 Å². The van der Waals surface area contributed by atoms with Crippen LogP contribution in [0, 0.1) is 11.6 Å². The number of nitrogens with zero attached hydrogens (tertiary/aromatic N) is 1. The number of hydrogen-bond acceptors (Lipinski definition) is 3. The SMILES string of the molecule is CC1(O)CCCN(CCC(N)c2cccc(F)c2F)C1. The summed E-state index contributed by atoms with van der Waals surface area (Å²) >= 11 is 0. The van der Waals surface area contributed by atoms with Gasteiger partial charge in [0.05, 0.1) is 5.60 Å². The van der Waals surface area contributed by atoms with Crippen molar-refractivity contribution >= 4 is 0 Å². The van der Waals surface area contributed by atoms with Crippen molar-refractivity contribution in [3.05, 3.63) is 35.4 Å². The van der Waals surface area contributed by atoms with Crippen molar-refractivity contribution in [2.24, 2.45) is 5.73 Å². The average molecular weight is 284 g/mol. The van der Waals surface area contributed by atoms with Crippen LogP contribution in [0.3, 0.4) is 0 Å². The summed E-state index contributed by atoms with van der Waals surface area (Å²) in [6.07, 6.45) is 2.28. The molecular formula is C15H22F2N2O. The van der Waals surface area contributed by atoms with E-state index in [2.05, 4.69) is 4.90 Å². The molecule has 2 atom stereocenters. The Morgan fingerprint density at radius 2 is 2.20 bits per heavy atom. The molecule has 5 heteroatoms. The van der Waals surface area contributed by atoms with E-state index >= 15 is 0 Å². The standard InChI is InChI=1S/C15H22F2N2O/c1-15(20)7-3-8-19(10-15)9-6-13(18)11-4-2-5-12(16)14(11)17/h2,4-5,13,20H,3,6-10,18H2,1H3. The van der Waals surface area contributed by atoms with Gasteiger partial charge in [0.25, 0.3) is 0 Å². The first-order valence-corrected chi connectivity index (χ1v) is 7.03. The molecule has 1 aliphatic rings. The summed E-state index contributed by atoms with van der Waals surface area (Å²) in [5, 5.41) is 10.0. The summed E-state index contributed by atoms with van der Waals surface area (Å²) in [5.74, 6) is -1.72. The molecule has 0 saturated carbocycles. The van der Waals surface area contributed by atoms with Crippen molar-refractivity contribution in [3.63, 3.8) is 0 Å². The van der Waals surface area contributed by atoms with Crippen molar-refractivity contribution in [2.45, 2.75) is 37.8 Å². The Kier molecular flexibility index (Phi) is 4.73. The second-order valence-corrected chi connectivity index (χ2v) is 5.91. The Labute approximate surface area is 118 Å². The zero-order valence-electron chi connectivity index (χ0n) is 11.8. The number of aliphatic hydroxyl groups is 1. The van der Waals surface area contributed by atoms with Crippen LogP contribution in [0.25, 0.3) is 0 Å². The van der Waals surface area contributed by atoms with Gasteiger partial charge in [-0.2, -0.15) is 0 Å². The lowest BCUT2D eigenvalue weighted by Crippen LogP contribution is -2.46. The minimum absolute atomic E-state index is 0.216. The second kappa shape index (κ2) is 6.16. The highest BCUT2D eigenvalue weighted by molar-refractivity contribution is 5.22. The molecule has 2 rings (SSSR count). The van der Waals surface area contributed by atoms with E-state index in [1.807, 2.05) is 6.92 Å². The number of rotatable bonds is 4. The molecule has 0 spiro atoms. The van der Waals surface area contributed by atoms with Gasteiger partial charge in [-0.15, -0.1) is 0 Å².